The Labute approximate surface area is 116 Å². The molecule has 19 heavy (non-hydrogen) atoms. The number of nitrogens with one attached hydrogen (secondary N) is 1. The molecule has 1 rings (SSSR count). The molecule has 1 N–H and O–H groups in total. The smallest absolute Gasteiger partial charge is 0.293 e. The normalized spacial score (nSPS) is 12.4. The summed E-state index contributed by atoms with van der Waals surface area (Å²) >= 11 is 0. The predicted molar refractivity (Wildman–Crippen MR) is 80.6 cm³/mol. The van der Waals surface area contributed by atoms with Gasteiger partial charge in [-0.15, -0.1) is 0 Å². The van der Waals surface area contributed by atoms with Crippen molar-refractivity contribution in [3.8, 4) is 0 Å². The van der Waals surface area contributed by atoms with E-state index in [1.807, 2.05) is 0 Å². The molecule has 0 aliphatic rings. The monoisotopic (exact) mass is 265 g/mol. The summed E-state index contributed by atoms with van der Waals surface area (Å²) in [5.74, 6) is 0.485. The van der Waals surface area contributed by atoms with Crippen molar-refractivity contribution in [2.45, 2.75) is 71.9 Å². The molecule has 0 aliphatic carbocycles. The third-order valence-electron chi connectivity index (χ3n) is 3.25. The van der Waals surface area contributed by atoms with Crippen LogP contribution in [0.3, 0.4) is 0 Å². The Morgan fingerprint density at radius 3 is 2.74 bits per heavy atom. The lowest BCUT2D eigenvalue weighted by Gasteiger charge is -2.14. The zero-order valence-electron chi connectivity index (χ0n) is 12.5. The van der Waals surface area contributed by atoms with Gasteiger partial charge in [-0.3, -0.25) is 4.79 Å². The first-order valence-electron chi connectivity index (χ1n) is 7.51. The van der Waals surface area contributed by atoms with Crippen LogP contribution in [0.15, 0.2) is 17.2 Å². The number of aromatic nitrogens is 2. The number of nitrogens with zero attached hydrogens (tertiary/aromatic N) is 2. The lowest BCUT2D eigenvalue weighted by Crippen LogP contribution is -2.27. The summed E-state index contributed by atoms with van der Waals surface area (Å²) < 4.78 is 1.72. The fraction of sp³-hybridized carbons (Fsp3) is 0.733. The van der Waals surface area contributed by atoms with Gasteiger partial charge in [0.05, 0.1) is 0 Å². The van der Waals surface area contributed by atoms with Gasteiger partial charge in [0.15, 0.2) is 5.82 Å². The summed E-state index contributed by atoms with van der Waals surface area (Å²) in [5, 5.41) is 3.24. The largest absolute Gasteiger partial charge is 0.363 e. The molecule has 0 amide bonds. The van der Waals surface area contributed by atoms with Gasteiger partial charge < -0.3 is 9.88 Å². The molecule has 1 atom stereocenters. The SMILES string of the molecule is CCCCCCC(C)Nc1nccn(CCC)c1=O. The molecule has 1 aromatic heterocycles. The molecule has 1 heterocycles. The van der Waals surface area contributed by atoms with E-state index >= 15 is 0 Å². The highest BCUT2D eigenvalue weighted by atomic mass is 16.1. The minimum Gasteiger partial charge on any atom is -0.363 e. The van der Waals surface area contributed by atoms with Crippen LogP contribution in [0.2, 0.25) is 0 Å². The van der Waals surface area contributed by atoms with Gasteiger partial charge in [-0.25, -0.2) is 4.98 Å². The average Bonchev–Trinajstić information content (AvgIpc) is 2.40. The summed E-state index contributed by atoms with van der Waals surface area (Å²) in [6, 6.07) is 0.300. The van der Waals surface area contributed by atoms with Crippen LogP contribution in [0.4, 0.5) is 5.82 Å². The van der Waals surface area contributed by atoms with Crippen LogP contribution in [0, 0.1) is 0 Å². The molecule has 4 nitrogen and oxygen atoms in total. The van der Waals surface area contributed by atoms with Gasteiger partial charge in [-0.1, -0.05) is 39.5 Å². The van der Waals surface area contributed by atoms with Gasteiger partial charge in [0.1, 0.15) is 0 Å². The minimum absolute atomic E-state index is 0.00948. The Balaban J connectivity index is 2.52. The van der Waals surface area contributed by atoms with E-state index in [0.717, 1.165) is 19.4 Å². The molecule has 0 radical (unpaired) electrons. The molecule has 108 valence electrons. The van der Waals surface area contributed by atoms with Crippen molar-refractivity contribution in [1.29, 1.82) is 0 Å². The molecular formula is C15H27N3O. The molecule has 1 unspecified atom stereocenters. The van der Waals surface area contributed by atoms with Gasteiger partial charge in [0.2, 0.25) is 0 Å². The maximum atomic E-state index is 12.1. The number of anilines is 1. The molecule has 0 spiro atoms. The second-order valence-corrected chi connectivity index (χ2v) is 5.17. The van der Waals surface area contributed by atoms with E-state index in [1.54, 1.807) is 17.0 Å². The summed E-state index contributed by atoms with van der Waals surface area (Å²) in [5.41, 5.74) is -0.00948. The third kappa shape index (κ3) is 5.45. The quantitative estimate of drug-likeness (QED) is 0.696. The summed E-state index contributed by atoms with van der Waals surface area (Å²) in [6.07, 6.45) is 10.5. The van der Waals surface area contributed by atoms with Gasteiger partial charge in [0.25, 0.3) is 5.56 Å². The highest BCUT2D eigenvalue weighted by Gasteiger charge is 2.07. The van der Waals surface area contributed by atoms with E-state index in [0.29, 0.717) is 11.9 Å². The van der Waals surface area contributed by atoms with Crippen LogP contribution in [0.1, 0.15) is 59.3 Å². The van der Waals surface area contributed by atoms with Crippen molar-refractivity contribution in [3.05, 3.63) is 22.7 Å². The zero-order valence-corrected chi connectivity index (χ0v) is 12.5. The topological polar surface area (TPSA) is 46.9 Å². The van der Waals surface area contributed by atoms with Crippen molar-refractivity contribution in [2.24, 2.45) is 0 Å². The molecule has 0 aliphatic heterocycles. The molecule has 1 aromatic rings. The van der Waals surface area contributed by atoms with Crippen molar-refractivity contribution >= 4 is 5.82 Å². The van der Waals surface area contributed by atoms with Gasteiger partial charge in [-0.05, 0) is 19.8 Å². The Hall–Kier alpha value is -1.32. The maximum Gasteiger partial charge on any atom is 0.293 e. The maximum absolute atomic E-state index is 12.1. The number of hydrogen-bond acceptors (Lipinski definition) is 3. The number of hydrogen-bond donors (Lipinski definition) is 1. The fourth-order valence-corrected chi connectivity index (χ4v) is 2.15. The summed E-state index contributed by atoms with van der Waals surface area (Å²) in [6.45, 7) is 7.15. The first-order chi connectivity index (χ1) is 9.19. The molecule has 4 heteroatoms. The minimum atomic E-state index is -0.00948. The van der Waals surface area contributed by atoms with E-state index in [2.05, 4.69) is 31.1 Å². The summed E-state index contributed by atoms with van der Waals surface area (Å²) in [7, 11) is 0. The molecule has 0 saturated heterocycles. The van der Waals surface area contributed by atoms with E-state index < -0.39 is 0 Å². The first kappa shape index (κ1) is 15.7. The van der Waals surface area contributed by atoms with E-state index in [-0.39, 0.29) is 5.56 Å². The van der Waals surface area contributed by atoms with Crippen LogP contribution in [0.25, 0.3) is 0 Å². The molecule has 0 fully saturated rings. The predicted octanol–water partition coefficient (Wildman–Crippen LogP) is 3.42. The lowest BCUT2D eigenvalue weighted by molar-refractivity contribution is 0.589. The second kappa shape index (κ2) is 8.73. The molecule has 0 saturated carbocycles. The van der Waals surface area contributed by atoms with Crippen LogP contribution in [-0.2, 0) is 6.54 Å². The van der Waals surface area contributed by atoms with Crippen molar-refractivity contribution in [2.75, 3.05) is 5.32 Å². The van der Waals surface area contributed by atoms with Gasteiger partial charge >= 0.3 is 0 Å². The van der Waals surface area contributed by atoms with Crippen LogP contribution in [-0.4, -0.2) is 15.6 Å². The Morgan fingerprint density at radius 1 is 1.26 bits per heavy atom. The zero-order chi connectivity index (χ0) is 14.1. The average molecular weight is 265 g/mol. The van der Waals surface area contributed by atoms with Crippen molar-refractivity contribution in [1.82, 2.24) is 9.55 Å². The summed E-state index contributed by atoms with van der Waals surface area (Å²) in [4.78, 5) is 16.3. The Bertz CT molecular complexity index is 414. The fourth-order valence-electron chi connectivity index (χ4n) is 2.15. The standard InChI is InChI=1S/C15H27N3O/c1-4-6-7-8-9-13(3)17-14-15(19)18(11-5-2)12-10-16-14/h10,12-13H,4-9,11H2,1-3H3,(H,16,17). The Morgan fingerprint density at radius 2 is 2.05 bits per heavy atom. The van der Waals surface area contributed by atoms with Crippen molar-refractivity contribution < 1.29 is 0 Å². The van der Waals surface area contributed by atoms with Crippen molar-refractivity contribution in [3.63, 3.8) is 0 Å². The number of aryl methyl sites for hydroxylation is 1. The molecular weight excluding hydrogens is 238 g/mol. The van der Waals surface area contributed by atoms with Gasteiger partial charge in [0, 0.05) is 25.0 Å². The van der Waals surface area contributed by atoms with E-state index in [9.17, 15) is 4.79 Å². The lowest BCUT2D eigenvalue weighted by atomic mass is 10.1. The Kier molecular flexibility index (Phi) is 7.23. The van der Waals surface area contributed by atoms with Crippen LogP contribution < -0.4 is 10.9 Å². The number of rotatable bonds is 9. The van der Waals surface area contributed by atoms with Crippen LogP contribution in [0.5, 0.6) is 0 Å². The molecule has 0 aromatic carbocycles. The van der Waals surface area contributed by atoms with Crippen LogP contribution >= 0.6 is 0 Å². The number of unbranched alkanes of at least 4 members (excludes halogenated alkanes) is 3. The first-order valence-corrected chi connectivity index (χ1v) is 7.51. The highest BCUT2D eigenvalue weighted by molar-refractivity contribution is 5.31. The third-order valence-corrected chi connectivity index (χ3v) is 3.25. The van der Waals surface area contributed by atoms with E-state index in [4.69, 9.17) is 0 Å². The molecule has 0 bridgehead atoms. The highest BCUT2D eigenvalue weighted by Crippen LogP contribution is 2.08. The van der Waals surface area contributed by atoms with E-state index in [1.165, 1.54) is 25.7 Å². The second-order valence-electron chi connectivity index (χ2n) is 5.17. The van der Waals surface area contributed by atoms with Gasteiger partial charge in [-0.2, -0.15) is 0 Å².